The Morgan fingerprint density at radius 2 is 2.17 bits per heavy atom. The number of aliphatic hydroxyl groups is 1. The quantitative estimate of drug-likeness (QED) is 0.630. The van der Waals surface area contributed by atoms with E-state index in [9.17, 15) is 9.90 Å². The lowest BCUT2D eigenvalue weighted by Crippen LogP contribution is -2.24. The molecular weight excluding hydrogens is 156 g/mol. The van der Waals surface area contributed by atoms with E-state index in [0.717, 1.165) is 19.3 Å². The Balaban J connectivity index is 3.69. The molecule has 0 amide bonds. The van der Waals surface area contributed by atoms with E-state index in [-0.39, 0.29) is 18.6 Å². The molecule has 3 heteroatoms. The van der Waals surface area contributed by atoms with Crippen molar-refractivity contribution < 1.29 is 14.6 Å². The predicted octanol–water partition coefficient (Wildman–Crippen LogP) is 1.26. The summed E-state index contributed by atoms with van der Waals surface area (Å²) in [5.74, 6) is 0.0615. The maximum Gasteiger partial charge on any atom is 0.417 e. The highest BCUT2D eigenvalue weighted by Gasteiger charge is 2.16. The van der Waals surface area contributed by atoms with Gasteiger partial charge >= 0.3 is 6.47 Å². The first-order chi connectivity index (χ1) is 5.76. The minimum atomic E-state index is -0.353. The van der Waals surface area contributed by atoms with Gasteiger partial charge in [0, 0.05) is 5.92 Å². The van der Waals surface area contributed by atoms with Gasteiger partial charge in [0.25, 0.3) is 0 Å². The van der Waals surface area contributed by atoms with Crippen LogP contribution >= 0.6 is 0 Å². The van der Waals surface area contributed by atoms with Gasteiger partial charge in [-0.3, -0.25) is 0 Å². The van der Waals surface area contributed by atoms with Crippen LogP contribution < -0.4 is 0 Å². The number of hydrogen-bond acceptors (Lipinski definition) is 3. The fourth-order valence-corrected chi connectivity index (χ4v) is 1.17. The van der Waals surface area contributed by atoms with Crippen LogP contribution in [0.15, 0.2) is 0 Å². The van der Waals surface area contributed by atoms with E-state index in [1.807, 2.05) is 13.8 Å². The monoisotopic (exact) mass is 173 g/mol. The first kappa shape index (κ1) is 11.4. The van der Waals surface area contributed by atoms with Crippen molar-refractivity contribution in [2.75, 3.05) is 6.61 Å². The second kappa shape index (κ2) is 7.10. The number of aliphatic hydroxyl groups excluding tert-OH is 1. The molecule has 12 heavy (non-hydrogen) atoms. The highest BCUT2D eigenvalue weighted by Crippen LogP contribution is 2.13. The Morgan fingerprint density at radius 3 is 2.58 bits per heavy atom. The van der Waals surface area contributed by atoms with Crippen LogP contribution in [0.2, 0.25) is 0 Å². The molecule has 3 nitrogen and oxygen atoms in total. The molecule has 0 fully saturated rings. The third-order valence-corrected chi connectivity index (χ3v) is 2.01. The topological polar surface area (TPSA) is 46.5 Å². The van der Waals surface area contributed by atoms with Crippen molar-refractivity contribution in [2.45, 2.75) is 39.2 Å². The molecule has 0 bridgehead atoms. The van der Waals surface area contributed by atoms with Crippen LogP contribution in [0.1, 0.15) is 33.1 Å². The fraction of sp³-hybridized carbons (Fsp3) is 0.889. The van der Waals surface area contributed by atoms with Crippen LogP contribution in [0, 0.1) is 5.92 Å². The third-order valence-electron chi connectivity index (χ3n) is 2.01. The van der Waals surface area contributed by atoms with E-state index in [1.165, 1.54) is 6.47 Å². The first-order valence-electron chi connectivity index (χ1n) is 4.43. The Kier molecular flexibility index (Phi) is 6.76. The Bertz CT molecular complexity index is 114. The van der Waals surface area contributed by atoms with Gasteiger partial charge in [0.2, 0.25) is 0 Å². The lowest BCUT2D eigenvalue weighted by molar-refractivity contribution is 0.0609. The van der Waals surface area contributed by atoms with Gasteiger partial charge in [-0.15, -0.1) is 0 Å². The number of ether oxygens (including phenoxy) is 1. The second-order valence-electron chi connectivity index (χ2n) is 2.92. The molecule has 1 radical (unpaired) electrons. The molecule has 1 N–H and O–H groups in total. The summed E-state index contributed by atoms with van der Waals surface area (Å²) in [4.78, 5) is 9.78. The number of rotatable bonds is 7. The molecule has 0 aromatic rings. The SMILES string of the molecule is CCCC(O)C(CC)CO[C]=O. The summed E-state index contributed by atoms with van der Waals surface area (Å²) in [5, 5.41) is 9.53. The highest BCUT2D eigenvalue weighted by atomic mass is 16.5. The molecule has 0 aromatic heterocycles. The average Bonchev–Trinajstić information content (AvgIpc) is 2.06. The van der Waals surface area contributed by atoms with Crippen LogP contribution in [-0.4, -0.2) is 24.3 Å². The van der Waals surface area contributed by atoms with Crippen LogP contribution in [0.3, 0.4) is 0 Å². The lowest BCUT2D eigenvalue weighted by Gasteiger charge is -2.19. The highest BCUT2D eigenvalue weighted by molar-refractivity contribution is 5.38. The van der Waals surface area contributed by atoms with E-state index in [1.54, 1.807) is 0 Å². The zero-order valence-corrected chi connectivity index (χ0v) is 7.75. The van der Waals surface area contributed by atoms with Crippen LogP contribution in [0.25, 0.3) is 0 Å². The van der Waals surface area contributed by atoms with Gasteiger partial charge in [-0.2, -0.15) is 0 Å². The average molecular weight is 173 g/mol. The Hall–Kier alpha value is -0.570. The van der Waals surface area contributed by atoms with Gasteiger partial charge < -0.3 is 9.84 Å². The van der Waals surface area contributed by atoms with Crippen molar-refractivity contribution in [1.29, 1.82) is 0 Å². The molecular formula is C9H17O3. The van der Waals surface area contributed by atoms with Crippen molar-refractivity contribution in [3.05, 3.63) is 0 Å². The largest absolute Gasteiger partial charge is 0.457 e. The van der Waals surface area contributed by atoms with Gasteiger partial charge in [0.1, 0.15) is 0 Å². The molecule has 2 atom stereocenters. The number of hydrogen-bond donors (Lipinski definition) is 1. The van der Waals surface area contributed by atoms with Crippen molar-refractivity contribution in [2.24, 2.45) is 5.92 Å². The lowest BCUT2D eigenvalue weighted by atomic mass is 9.97. The zero-order valence-electron chi connectivity index (χ0n) is 7.75. The molecule has 0 aliphatic heterocycles. The molecule has 0 aromatic carbocycles. The summed E-state index contributed by atoms with van der Waals surface area (Å²) in [6.45, 7) is 5.63. The molecule has 0 aliphatic rings. The van der Waals surface area contributed by atoms with E-state index in [4.69, 9.17) is 0 Å². The summed E-state index contributed by atoms with van der Waals surface area (Å²) in [5.41, 5.74) is 0. The van der Waals surface area contributed by atoms with Gasteiger partial charge in [-0.25, -0.2) is 4.79 Å². The van der Waals surface area contributed by atoms with Gasteiger partial charge in [-0.1, -0.05) is 20.3 Å². The second-order valence-corrected chi connectivity index (χ2v) is 2.92. The molecule has 0 saturated heterocycles. The number of carbonyl (C=O) groups excluding carboxylic acids is 1. The summed E-state index contributed by atoms with van der Waals surface area (Å²) in [7, 11) is 0. The van der Waals surface area contributed by atoms with Gasteiger partial charge in [0.15, 0.2) is 0 Å². The maximum atomic E-state index is 9.78. The van der Waals surface area contributed by atoms with Gasteiger partial charge in [-0.05, 0) is 12.8 Å². The smallest absolute Gasteiger partial charge is 0.417 e. The van der Waals surface area contributed by atoms with Crippen LogP contribution in [0.4, 0.5) is 0 Å². The fourth-order valence-electron chi connectivity index (χ4n) is 1.17. The molecule has 0 saturated carbocycles. The predicted molar refractivity (Wildman–Crippen MR) is 46.3 cm³/mol. The van der Waals surface area contributed by atoms with Crippen LogP contribution in [-0.2, 0) is 9.53 Å². The van der Waals surface area contributed by atoms with Crippen molar-refractivity contribution in [3.63, 3.8) is 0 Å². The standard InChI is InChI=1S/C9H17O3/c1-3-5-9(11)8(4-2)6-12-7-10/h8-9,11H,3-6H2,1-2H3. The van der Waals surface area contributed by atoms with Crippen molar-refractivity contribution in [1.82, 2.24) is 0 Å². The molecule has 2 unspecified atom stereocenters. The Labute approximate surface area is 73.7 Å². The third kappa shape index (κ3) is 4.34. The summed E-state index contributed by atoms with van der Waals surface area (Å²) >= 11 is 0. The van der Waals surface area contributed by atoms with E-state index >= 15 is 0 Å². The Morgan fingerprint density at radius 1 is 1.50 bits per heavy atom. The minimum absolute atomic E-state index is 0.0615. The first-order valence-corrected chi connectivity index (χ1v) is 4.43. The summed E-state index contributed by atoms with van der Waals surface area (Å²) < 4.78 is 4.49. The van der Waals surface area contributed by atoms with E-state index < -0.39 is 0 Å². The van der Waals surface area contributed by atoms with E-state index in [0.29, 0.717) is 0 Å². The minimum Gasteiger partial charge on any atom is -0.457 e. The molecule has 0 rings (SSSR count). The summed E-state index contributed by atoms with van der Waals surface area (Å²) in [6, 6.07) is 0. The molecule has 0 spiro atoms. The summed E-state index contributed by atoms with van der Waals surface area (Å²) in [6.07, 6.45) is 2.18. The zero-order chi connectivity index (χ0) is 9.40. The van der Waals surface area contributed by atoms with Crippen molar-refractivity contribution in [3.8, 4) is 0 Å². The van der Waals surface area contributed by atoms with Crippen LogP contribution in [0.5, 0.6) is 0 Å². The maximum absolute atomic E-state index is 9.78. The molecule has 0 heterocycles. The molecule has 71 valence electrons. The molecule has 0 aliphatic carbocycles. The normalized spacial score (nSPS) is 15.2. The van der Waals surface area contributed by atoms with Crippen molar-refractivity contribution >= 4 is 6.47 Å². The van der Waals surface area contributed by atoms with Gasteiger partial charge in [0.05, 0.1) is 12.7 Å². The van der Waals surface area contributed by atoms with E-state index in [2.05, 4.69) is 4.74 Å².